The summed E-state index contributed by atoms with van der Waals surface area (Å²) >= 11 is 0. The fourth-order valence-corrected chi connectivity index (χ4v) is 2.37. The van der Waals surface area contributed by atoms with E-state index in [0.29, 0.717) is 6.41 Å². The second-order valence-electron chi connectivity index (χ2n) is 3.25. The Morgan fingerprint density at radius 3 is 2.00 bits per heavy atom. The summed E-state index contributed by atoms with van der Waals surface area (Å²) in [4.78, 5) is 28.7. The van der Waals surface area contributed by atoms with Gasteiger partial charge in [0.15, 0.2) is 0 Å². The summed E-state index contributed by atoms with van der Waals surface area (Å²) in [5.74, 6) is 0. The maximum absolute atomic E-state index is 11.4. The highest BCUT2D eigenvalue weighted by atomic mass is 31.2. The van der Waals surface area contributed by atoms with Crippen molar-refractivity contribution in [3.05, 3.63) is 25.3 Å². The molecule has 0 saturated carbocycles. The summed E-state index contributed by atoms with van der Waals surface area (Å²) < 4.78 is 11.4. The topological polar surface area (TPSA) is 86.6 Å². The van der Waals surface area contributed by atoms with E-state index in [2.05, 4.69) is 18.5 Å². The van der Waals surface area contributed by atoms with Crippen LogP contribution in [0.15, 0.2) is 25.3 Å². The molecular weight excluding hydrogens is 217 g/mol. The molecule has 0 aliphatic carbocycles. The monoisotopic (exact) mass is 233 g/mol. The van der Waals surface area contributed by atoms with Crippen molar-refractivity contribution in [2.24, 2.45) is 0 Å². The van der Waals surface area contributed by atoms with Crippen molar-refractivity contribution in [3.8, 4) is 0 Å². The number of nitrogens with one attached hydrogen (secondary N) is 1. The summed E-state index contributed by atoms with van der Waals surface area (Å²) in [6.45, 7) is 6.81. The maximum atomic E-state index is 11.4. The number of hydrogen-bond acceptors (Lipinski definition) is 2. The van der Waals surface area contributed by atoms with Crippen LogP contribution in [0.3, 0.4) is 0 Å². The number of rotatable bonds is 8. The summed E-state index contributed by atoms with van der Waals surface area (Å²) in [6.07, 6.45) is 3.50. The molecule has 86 valence electrons. The molecular formula is C9H16NO4P. The van der Waals surface area contributed by atoms with Gasteiger partial charge in [-0.25, -0.2) is 0 Å². The van der Waals surface area contributed by atoms with E-state index in [4.69, 9.17) is 0 Å². The van der Waals surface area contributed by atoms with Crippen LogP contribution >= 0.6 is 7.60 Å². The Bertz CT molecular complexity index is 274. The third-order valence-corrected chi connectivity index (χ3v) is 3.94. The van der Waals surface area contributed by atoms with E-state index in [0.717, 1.165) is 0 Å². The van der Waals surface area contributed by atoms with Gasteiger partial charge in [-0.1, -0.05) is 12.2 Å². The molecule has 0 aliphatic heterocycles. The first-order valence-electron chi connectivity index (χ1n) is 4.38. The summed E-state index contributed by atoms with van der Waals surface area (Å²) in [5.41, 5.74) is 0. The molecule has 5 nitrogen and oxygen atoms in total. The second-order valence-corrected chi connectivity index (χ2v) is 5.29. The zero-order valence-electron chi connectivity index (χ0n) is 8.43. The minimum absolute atomic E-state index is 0.0984. The number of allylic oxidation sites excluding steroid dienone is 2. The Balaban J connectivity index is 5.04. The smallest absolute Gasteiger partial charge is 0.334 e. The van der Waals surface area contributed by atoms with Crippen molar-refractivity contribution in [3.63, 3.8) is 0 Å². The molecule has 0 aromatic carbocycles. The van der Waals surface area contributed by atoms with Gasteiger partial charge >= 0.3 is 7.60 Å². The summed E-state index contributed by atoms with van der Waals surface area (Å²) in [6, 6.07) is 0. The van der Waals surface area contributed by atoms with Gasteiger partial charge in [0.25, 0.3) is 0 Å². The molecule has 0 atom stereocenters. The van der Waals surface area contributed by atoms with E-state index >= 15 is 0 Å². The highest BCUT2D eigenvalue weighted by Gasteiger charge is 2.44. The molecule has 0 radical (unpaired) electrons. The summed E-state index contributed by atoms with van der Waals surface area (Å²) in [7, 11) is -4.33. The van der Waals surface area contributed by atoms with Crippen LogP contribution in [-0.4, -0.2) is 27.9 Å². The van der Waals surface area contributed by atoms with E-state index in [1.165, 1.54) is 12.2 Å². The minimum atomic E-state index is -4.33. The molecule has 0 aliphatic rings. The lowest BCUT2D eigenvalue weighted by atomic mass is 10.0. The van der Waals surface area contributed by atoms with Crippen molar-refractivity contribution in [1.29, 1.82) is 0 Å². The van der Waals surface area contributed by atoms with Crippen LogP contribution in [0.2, 0.25) is 0 Å². The van der Waals surface area contributed by atoms with Gasteiger partial charge in [-0.3, -0.25) is 9.36 Å². The molecule has 1 amide bonds. The van der Waals surface area contributed by atoms with Gasteiger partial charge < -0.3 is 15.1 Å². The van der Waals surface area contributed by atoms with E-state index in [1.807, 2.05) is 0 Å². The van der Waals surface area contributed by atoms with Gasteiger partial charge in [0.2, 0.25) is 6.41 Å². The lowest BCUT2D eigenvalue weighted by Gasteiger charge is -2.32. The third-order valence-electron chi connectivity index (χ3n) is 2.18. The van der Waals surface area contributed by atoms with E-state index in [9.17, 15) is 19.1 Å². The van der Waals surface area contributed by atoms with Crippen molar-refractivity contribution in [1.82, 2.24) is 5.32 Å². The van der Waals surface area contributed by atoms with Gasteiger partial charge in [0.05, 0.1) is 5.16 Å². The molecule has 0 rings (SSSR count). The zero-order chi connectivity index (χ0) is 11.9. The maximum Gasteiger partial charge on any atom is 0.334 e. The van der Waals surface area contributed by atoms with Crippen LogP contribution in [0.5, 0.6) is 0 Å². The molecule has 15 heavy (non-hydrogen) atoms. The molecule has 0 heterocycles. The molecule has 3 N–H and O–H groups in total. The van der Waals surface area contributed by atoms with E-state index in [1.54, 1.807) is 0 Å². The van der Waals surface area contributed by atoms with Crippen LogP contribution < -0.4 is 5.32 Å². The first kappa shape index (κ1) is 14.1. The fraction of sp³-hybridized carbons (Fsp3) is 0.444. The molecule has 0 spiro atoms. The third kappa shape index (κ3) is 3.63. The Hall–Kier alpha value is -0.900. The van der Waals surface area contributed by atoms with Gasteiger partial charge in [-0.2, -0.15) is 0 Å². The standard InChI is InChI=1S/C9H16NO4P/c1-3-5-9(6-4-2,7-10-8-11)15(12,13)14/h3-4,8H,1-2,5-7H2,(H,10,11)(H2,12,13,14). The van der Waals surface area contributed by atoms with Gasteiger partial charge in [-0.15, -0.1) is 13.2 Å². The van der Waals surface area contributed by atoms with Crippen LogP contribution in [0.4, 0.5) is 0 Å². The van der Waals surface area contributed by atoms with Gasteiger partial charge in [0, 0.05) is 6.54 Å². The molecule has 0 aromatic heterocycles. The fourth-order valence-electron chi connectivity index (χ4n) is 1.34. The van der Waals surface area contributed by atoms with Crippen LogP contribution in [0, 0.1) is 0 Å². The van der Waals surface area contributed by atoms with Gasteiger partial charge in [-0.05, 0) is 12.8 Å². The van der Waals surface area contributed by atoms with Crippen LogP contribution in [0.25, 0.3) is 0 Å². The molecule has 0 saturated heterocycles. The van der Waals surface area contributed by atoms with Crippen molar-refractivity contribution in [2.45, 2.75) is 18.0 Å². The summed E-state index contributed by atoms with van der Waals surface area (Å²) in [5, 5.41) is 0.975. The number of carbonyl (C=O) groups excluding carboxylic acids is 1. The van der Waals surface area contributed by atoms with E-state index < -0.39 is 12.8 Å². The SMILES string of the molecule is C=CCC(CC=C)(CNC=O)P(=O)(O)O. The predicted molar refractivity (Wildman–Crippen MR) is 58.5 cm³/mol. The Morgan fingerprint density at radius 2 is 1.73 bits per heavy atom. The van der Waals surface area contributed by atoms with Crippen molar-refractivity contribution >= 4 is 14.0 Å². The minimum Gasteiger partial charge on any atom is -0.357 e. The quantitative estimate of drug-likeness (QED) is 0.329. The zero-order valence-corrected chi connectivity index (χ0v) is 9.32. The number of hydrogen-bond donors (Lipinski definition) is 3. The molecule has 0 unspecified atom stereocenters. The molecule has 0 aromatic rings. The first-order chi connectivity index (χ1) is 6.93. The number of amides is 1. The Labute approximate surface area is 89.0 Å². The average Bonchev–Trinajstić information content (AvgIpc) is 2.13. The lowest BCUT2D eigenvalue weighted by molar-refractivity contribution is -0.109. The number of carbonyl (C=O) groups is 1. The average molecular weight is 233 g/mol. The highest BCUT2D eigenvalue weighted by Crippen LogP contribution is 2.54. The van der Waals surface area contributed by atoms with Crippen molar-refractivity contribution < 1.29 is 19.1 Å². The van der Waals surface area contributed by atoms with Crippen molar-refractivity contribution in [2.75, 3.05) is 6.54 Å². The Morgan fingerprint density at radius 1 is 1.27 bits per heavy atom. The largest absolute Gasteiger partial charge is 0.357 e. The molecule has 0 fully saturated rings. The predicted octanol–water partition coefficient (Wildman–Crippen LogP) is 0.801. The van der Waals surface area contributed by atoms with Gasteiger partial charge in [0.1, 0.15) is 0 Å². The molecule has 0 bridgehead atoms. The lowest BCUT2D eigenvalue weighted by Crippen LogP contribution is -2.39. The van der Waals surface area contributed by atoms with Crippen LogP contribution in [0.1, 0.15) is 12.8 Å². The van der Waals surface area contributed by atoms with Crippen LogP contribution in [-0.2, 0) is 9.36 Å². The molecule has 6 heteroatoms. The van der Waals surface area contributed by atoms with E-state index in [-0.39, 0.29) is 19.4 Å². The highest BCUT2D eigenvalue weighted by molar-refractivity contribution is 7.53. The normalized spacial score (nSPS) is 11.9. The Kier molecular flexibility index (Phi) is 5.50. The first-order valence-corrected chi connectivity index (χ1v) is 5.99. The second kappa shape index (κ2) is 5.85.